The number of aliphatic hydroxyl groups excluding tert-OH is 1. The van der Waals surface area contributed by atoms with Gasteiger partial charge in [-0.15, -0.1) is 11.3 Å². The van der Waals surface area contributed by atoms with Crippen LogP contribution in [0, 0.1) is 0 Å². The molecule has 0 radical (unpaired) electrons. The zero-order chi connectivity index (χ0) is 18.1. The first-order valence-corrected chi connectivity index (χ1v) is 8.87. The van der Waals surface area contributed by atoms with Gasteiger partial charge >= 0.3 is 5.91 Å². The van der Waals surface area contributed by atoms with E-state index in [1.165, 1.54) is 16.2 Å². The van der Waals surface area contributed by atoms with Crippen LogP contribution >= 0.6 is 11.3 Å². The summed E-state index contributed by atoms with van der Waals surface area (Å²) in [6.45, 7) is 0. The van der Waals surface area contributed by atoms with Gasteiger partial charge in [-0.3, -0.25) is 14.5 Å². The van der Waals surface area contributed by atoms with Crippen molar-refractivity contribution in [2.45, 2.75) is 6.04 Å². The molecule has 0 bridgehead atoms. The van der Waals surface area contributed by atoms with Crippen LogP contribution in [0.2, 0.25) is 0 Å². The molecule has 6 heteroatoms. The largest absolute Gasteiger partial charge is 0.507 e. The molecule has 1 unspecified atom stereocenters. The van der Waals surface area contributed by atoms with Crippen LogP contribution < -0.4 is 4.90 Å². The number of benzene rings is 1. The van der Waals surface area contributed by atoms with Crippen LogP contribution in [-0.2, 0) is 9.59 Å². The lowest BCUT2D eigenvalue weighted by atomic mass is 10.00. The summed E-state index contributed by atoms with van der Waals surface area (Å²) in [4.78, 5) is 31.9. The Labute approximate surface area is 153 Å². The molecule has 1 aliphatic heterocycles. The molecule has 1 saturated heterocycles. The first kappa shape index (κ1) is 16.2. The zero-order valence-electron chi connectivity index (χ0n) is 13.6. The van der Waals surface area contributed by atoms with Crippen LogP contribution in [0.3, 0.4) is 0 Å². The second-order valence-corrected chi connectivity index (χ2v) is 6.72. The Bertz CT molecular complexity index is 982. The normalized spacial score (nSPS) is 19.1. The second kappa shape index (κ2) is 6.57. The van der Waals surface area contributed by atoms with Gasteiger partial charge < -0.3 is 5.11 Å². The predicted molar refractivity (Wildman–Crippen MR) is 99.8 cm³/mol. The SMILES string of the molecule is O=C1C(=O)N(c2ccccn2)C(c2cccs2)C1=C(O)c1ccccc1. The van der Waals surface area contributed by atoms with Crippen LogP contribution in [-0.4, -0.2) is 21.8 Å². The van der Waals surface area contributed by atoms with E-state index in [0.29, 0.717) is 11.4 Å². The molecule has 1 amide bonds. The fourth-order valence-electron chi connectivity index (χ4n) is 3.03. The van der Waals surface area contributed by atoms with E-state index in [0.717, 1.165) is 4.88 Å². The number of hydrogen-bond acceptors (Lipinski definition) is 5. The van der Waals surface area contributed by atoms with Crippen molar-refractivity contribution in [1.82, 2.24) is 4.98 Å². The summed E-state index contributed by atoms with van der Waals surface area (Å²) in [6, 6.07) is 16.9. The molecule has 1 aliphatic rings. The molecule has 4 rings (SSSR count). The van der Waals surface area contributed by atoms with Gasteiger partial charge in [-0.25, -0.2) is 4.98 Å². The molecule has 1 aromatic carbocycles. The topological polar surface area (TPSA) is 70.5 Å². The standard InChI is InChI=1S/C20H14N2O3S/c23-18(13-7-2-1-3-8-13)16-17(14-9-6-12-26-14)22(20(25)19(16)24)15-10-4-5-11-21-15/h1-12,17,23H. The van der Waals surface area contributed by atoms with Crippen LogP contribution in [0.15, 0.2) is 77.8 Å². The number of rotatable bonds is 3. The number of thiophene rings is 1. The van der Waals surface area contributed by atoms with Gasteiger partial charge in [0.15, 0.2) is 0 Å². The Kier molecular flexibility index (Phi) is 4.10. The van der Waals surface area contributed by atoms with Crippen molar-refractivity contribution in [3.63, 3.8) is 0 Å². The van der Waals surface area contributed by atoms with Crippen molar-refractivity contribution in [1.29, 1.82) is 0 Å². The number of amides is 1. The van der Waals surface area contributed by atoms with Crippen molar-refractivity contribution < 1.29 is 14.7 Å². The van der Waals surface area contributed by atoms with Gasteiger partial charge in [-0.05, 0) is 23.6 Å². The minimum Gasteiger partial charge on any atom is -0.507 e. The molecule has 3 aromatic rings. The molecule has 26 heavy (non-hydrogen) atoms. The molecule has 1 N–H and O–H groups in total. The maximum Gasteiger partial charge on any atom is 0.301 e. The Morgan fingerprint density at radius 1 is 1.00 bits per heavy atom. The van der Waals surface area contributed by atoms with Gasteiger partial charge in [-0.2, -0.15) is 0 Å². The zero-order valence-corrected chi connectivity index (χ0v) is 14.4. The number of anilines is 1. The molecule has 1 atom stereocenters. The maximum absolute atomic E-state index is 12.8. The highest BCUT2D eigenvalue weighted by molar-refractivity contribution is 7.10. The summed E-state index contributed by atoms with van der Waals surface area (Å²) in [6.07, 6.45) is 1.57. The molecule has 1 fully saturated rings. The average Bonchev–Trinajstić information content (AvgIpc) is 3.30. The lowest BCUT2D eigenvalue weighted by molar-refractivity contribution is -0.132. The van der Waals surface area contributed by atoms with Crippen molar-refractivity contribution in [3.05, 3.63) is 88.3 Å². The molecule has 0 aliphatic carbocycles. The van der Waals surface area contributed by atoms with Crippen molar-refractivity contribution in [2.75, 3.05) is 4.90 Å². The minimum atomic E-state index is -0.713. The summed E-state index contributed by atoms with van der Waals surface area (Å²) in [5, 5.41) is 12.7. The highest BCUT2D eigenvalue weighted by Gasteiger charge is 2.47. The third-order valence-corrected chi connectivity index (χ3v) is 5.13. The number of ketones is 1. The molecular formula is C20H14N2O3S. The van der Waals surface area contributed by atoms with E-state index in [-0.39, 0.29) is 11.3 Å². The first-order chi connectivity index (χ1) is 12.7. The summed E-state index contributed by atoms with van der Waals surface area (Å²) in [7, 11) is 0. The Morgan fingerprint density at radius 2 is 1.77 bits per heavy atom. The van der Waals surface area contributed by atoms with Crippen molar-refractivity contribution >= 4 is 34.6 Å². The summed E-state index contributed by atoms with van der Waals surface area (Å²) in [5.41, 5.74) is 0.572. The van der Waals surface area contributed by atoms with Gasteiger partial charge in [-0.1, -0.05) is 42.5 Å². The molecule has 3 heterocycles. The highest BCUT2D eigenvalue weighted by Crippen LogP contribution is 2.42. The molecule has 0 spiro atoms. The Hall–Kier alpha value is -3.25. The highest BCUT2D eigenvalue weighted by atomic mass is 32.1. The number of Topliss-reactive ketones (excluding diaryl/α,β-unsaturated/α-hetero) is 1. The molecule has 0 saturated carbocycles. The van der Waals surface area contributed by atoms with Crippen LogP contribution in [0.5, 0.6) is 0 Å². The van der Waals surface area contributed by atoms with E-state index in [9.17, 15) is 14.7 Å². The van der Waals surface area contributed by atoms with Gasteiger partial charge in [0.1, 0.15) is 17.6 Å². The number of pyridine rings is 1. The second-order valence-electron chi connectivity index (χ2n) is 5.74. The van der Waals surface area contributed by atoms with E-state index in [4.69, 9.17) is 0 Å². The van der Waals surface area contributed by atoms with Gasteiger partial charge in [0.05, 0.1) is 5.57 Å². The third kappa shape index (κ3) is 2.60. The van der Waals surface area contributed by atoms with Gasteiger partial charge in [0.25, 0.3) is 5.78 Å². The van der Waals surface area contributed by atoms with Crippen molar-refractivity contribution in [3.8, 4) is 0 Å². The molecule has 5 nitrogen and oxygen atoms in total. The smallest absolute Gasteiger partial charge is 0.301 e. The van der Waals surface area contributed by atoms with Gasteiger partial charge in [0, 0.05) is 16.6 Å². The van der Waals surface area contributed by atoms with Gasteiger partial charge in [0.2, 0.25) is 0 Å². The Morgan fingerprint density at radius 3 is 2.42 bits per heavy atom. The monoisotopic (exact) mass is 362 g/mol. The van der Waals surface area contributed by atoms with E-state index in [1.54, 1.807) is 48.7 Å². The molecular weight excluding hydrogens is 348 g/mol. The minimum absolute atomic E-state index is 0.0781. The van der Waals surface area contributed by atoms with Crippen LogP contribution in [0.4, 0.5) is 5.82 Å². The number of carbonyl (C=O) groups excluding carboxylic acids is 2. The number of aromatic nitrogens is 1. The fourth-order valence-corrected chi connectivity index (χ4v) is 3.86. The van der Waals surface area contributed by atoms with Crippen molar-refractivity contribution in [2.24, 2.45) is 0 Å². The first-order valence-electron chi connectivity index (χ1n) is 7.99. The molecule has 128 valence electrons. The lowest BCUT2D eigenvalue weighted by Crippen LogP contribution is -2.29. The lowest BCUT2D eigenvalue weighted by Gasteiger charge is -2.22. The van der Waals surface area contributed by atoms with E-state index < -0.39 is 17.7 Å². The number of aliphatic hydroxyl groups is 1. The summed E-state index contributed by atoms with van der Waals surface area (Å²) >= 11 is 1.42. The summed E-state index contributed by atoms with van der Waals surface area (Å²) in [5.74, 6) is -1.21. The summed E-state index contributed by atoms with van der Waals surface area (Å²) < 4.78 is 0. The number of carbonyl (C=O) groups is 2. The predicted octanol–water partition coefficient (Wildman–Crippen LogP) is 3.77. The quantitative estimate of drug-likeness (QED) is 0.437. The van der Waals surface area contributed by atoms with E-state index >= 15 is 0 Å². The molecule has 2 aromatic heterocycles. The fraction of sp³-hybridized carbons (Fsp3) is 0.0500. The van der Waals surface area contributed by atoms with E-state index in [1.807, 2.05) is 23.6 Å². The number of hydrogen-bond donors (Lipinski definition) is 1. The van der Waals surface area contributed by atoms with E-state index in [2.05, 4.69) is 4.98 Å². The third-order valence-electron chi connectivity index (χ3n) is 4.20. The maximum atomic E-state index is 12.8. The van der Waals surface area contributed by atoms with Crippen LogP contribution in [0.1, 0.15) is 16.5 Å². The number of nitrogens with zero attached hydrogens (tertiary/aromatic N) is 2. The van der Waals surface area contributed by atoms with Crippen LogP contribution in [0.25, 0.3) is 5.76 Å². The average molecular weight is 362 g/mol. The Balaban J connectivity index is 1.94.